The monoisotopic (exact) mass is 316 g/mol. The van der Waals surface area contributed by atoms with Gasteiger partial charge in [-0.2, -0.15) is 13.2 Å². The van der Waals surface area contributed by atoms with E-state index in [4.69, 9.17) is 14.6 Å². The molecule has 5 nitrogen and oxygen atoms in total. The van der Waals surface area contributed by atoms with E-state index in [-0.39, 0.29) is 13.2 Å². The highest BCUT2D eigenvalue weighted by Crippen LogP contribution is 2.36. The minimum Gasteiger partial charge on any atom is -0.478 e. The Labute approximate surface area is 122 Å². The first kappa shape index (κ1) is 16.0. The molecule has 1 aromatic rings. The molecule has 0 spiro atoms. The van der Waals surface area contributed by atoms with E-state index in [1.165, 1.54) is 12.1 Å². The van der Waals surface area contributed by atoms with E-state index in [9.17, 15) is 22.8 Å². The molecule has 1 heterocycles. The predicted octanol–water partition coefficient (Wildman–Crippen LogP) is 2.11. The zero-order chi connectivity index (χ0) is 16.4. The molecule has 0 atom stereocenters. The number of hydrogen-bond donors (Lipinski definition) is 1. The second-order valence-electron chi connectivity index (χ2n) is 4.65. The van der Waals surface area contributed by atoms with Crippen LogP contribution >= 0.6 is 0 Å². The highest BCUT2D eigenvalue weighted by Gasteiger charge is 2.44. The first-order valence-corrected chi connectivity index (χ1v) is 6.12. The molecule has 0 aliphatic carbocycles. The number of carboxylic acid groups (broad SMARTS) is 1. The second kappa shape index (κ2) is 5.80. The Morgan fingerprint density at radius 1 is 1.18 bits per heavy atom. The number of alkyl halides is 3. The summed E-state index contributed by atoms with van der Waals surface area (Å²) in [6, 6.07) is 4.19. The zero-order valence-corrected chi connectivity index (χ0v) is 11.1. The number of carbonyl (C=O) groups is 2. The quantitative estimate of drug-likeness (QED) is 0.680. The number of esters is 1. The SMILES string of the molecule is O=C(O)/C=C/C(=O)OC1(c2ccc(C(F)(F)F)cc2)COC1. The van der Waals surface area contributed by atoms with Gasteiger partial charge in [-0.1, -0.05) is 12.1 Å². The lowest BCUT2D eigenvalue weighted by molar-refractivity contribution is -0.214. The van der Waals surface area contributed by atoms with Crippen molar-refractivity contribution in [2.24, 2.45) is 0 Å². The topological polar surface area (TPSA) is 72.8 Å². The van der Waals surface area contributed by atoms with Crippen molar-refractivity contribution in [3.8, 4) is 0 Å². The third kappa shape index (κ3) is 3.45. The molecule has 8 heteroatoms. The normalized spacial score (nSPS) is 17.0. The van der Waals surface area contributed by atoms with Gasteiger partial charge in [-0.15, -0.1) is 0 Å². The van der Waals surface area contributed by atoms with Gasteiger partial charge in [0, 0.05) is 17.7 Å². The van der Waals surface area contributed by atoms with Crippen LogP contribution in [0, 0.1) is 0 Å². The molecule has 0 bridgehead atoms. The van der Waals surface area contributed by atoms with Gasteiger partial charge in [0.25, 0.3) is 0 Å². The standard InChI is InChI=1S/C14H11F3O5/c15-14(16,17)10-3-1-9(2-4-10)13(7-21-8-13)22-12(20)6-5-11(18)19/h1-6H,7-8H2,(H,18,19)/b6-5+. The number of carbonyl (C=O) groups excluding carboxylic acids is 1. The smallest absolute Gasteiger partial charge is 0.416 e. The minimum atomic E-state index is -4.46. The molecular formula is C14H11F3O5. The van der Waals surface area contributed by atoms with Crippen molar-refractivity contribution in [2.75, 3.05) is 13.2 Å². The highest BCUT2D eigenvalue weighted by molar-refractivity contribution is 5.91. The average molecular weight is 316 g/mol. The van der Waals surface area contributed by atoms with Crippen LogP contribution in [0.2, 0.25) is 0 Å². The van der Waals surface area contributed by atoms with E-state index >= 15 is 0 Å². The Balaban J connectivity index is 2.17. The van der Waals surface area contributed by atoms with Gasteiger partial charge in [-0.05, 0) is 12.1 Å². The van der Waals surface area contributed by atoms with Gasteiger partial charge in [0.05, 0.1) is 18.8 Å². The number of hydrogen-bond acceptors (Lipinski definition) is 4. The maximum Gasteiger partial charge on any atom is 0.416 e. The Morgan fingerprint density at radius 3 is 2.18 bits per heavy atom. The number of benzene rings is 1. The van der Waals surface area contributed by atoms with Gasteiger partial charge in [-0.3, -0.25) is 0 Å². The van der Waals surface area contributed by atoms with Crippen molar-refractivity contribution in [3.63, 3.8) is 0 Å². The van der Waals surface area contributed by atoms with Crippen LogP contribution in [0.3, 0.4) is 0 Å². The third-order valence-corrected chi connectivity index (χ3v) is 3.07. The number of aliphatic carboxylic acids is 1. The van der Waals surface area contributed by atoms with E-state index in [2.05, 4.69) is 0 Å². The molecule has 0 saturated carbocycles. The number of ether oxygens (including phenoxy) is 2. The van der Waals surface area contributed by atoms with Crippen molar-refractivity contribution >= 4 is 11.9 Å². The van der Waals surface area contributed by atoms with Gasteiger partial charge in [0.15, 0.2) is 5.60 Å². The van der Waals surface area contributed by atoms with E-state index in [0.717, 1.165) is 18.2 Å². The fourth-order valence-corrected chi connectivity index (χ4v) is 1.90. The van der Waals surface area contributed by atoms with Crippen LogP contribution in [-0.2, 0) is 30.8 Å². The first-order chi connectivity index (χ1) is 10.2. The molecule has 1 aromatic carbocycles. The maximum atomic E-state index is 12.5. The lowest BCUT2D eigenvalue weighted by atomic mass is 9.91. The second-order valence-corrected chi connectivity index (χ2v) is 4.65. The Bertz CT molecular complexity index is 600. The van der Waals surface area contributed by atoms with Gasteiger partial charge >= 0.3 is 18.1 Å². The van der Waals surface area contributed by atoms with Crippen molar-refractivity contribution in [1.82, 2.24) is 0 Å². The van der Waals surface area contributed by atoms with Crippen LogP contribution in [0.15, 0.2) is 36.4 Å². The van der Waals surface area contributed by atoms with E-state index in [1.807, 2.05) is 0 Å². The number of carboxylic acids is 1. The number of rotatable bonds is 4. The van der Waals surface area contributed by atoms with Gasteiger partial charge < -0.3 is 14.6 Å². The van der Waals surface area contributed by atoms with Crippen molar-refractivity contribution in [2.45, 2.75) is 11.8 Å². The summed E-state index contributed by atoms with van der Waals surface area (Å²) in [4.78, 5) is 21.9. The Morgan fingerprint density at radius 2 is 1.77 bits per heavy atom. The fourth-order valence-electron chi connectivity index (χ4n) is 1.90. The molecule has 118 valence electrons. The van der Waals surface area contributed by atoms with Crippen LogP contribution in [0.25, 0.3) is 0 Å². The molecule has 0 radical (unpaired) electrons. The summed E-state index contributed by atoms with van der Waals surface area (Å²) in [7, 11) is 0. The molecule has 1 aliphatic heterocycles. The molecular weight excluding hydrogens is 305 g/mol. The molecule has 1 saturated heterocycles. The first-order valence-electron chi connectivity index (χ1n) is 6.12. The fraction of sp³-hybridized carbons (Fsp3) is 0.286. The van der Waals surface area contributed by atoms with Crippen LogP contribution in [0.5, 0.6) is 0 Å². The molecule has 1 N–H and O–H groups in total. The molecule has 0 unspecified atom stereocenters. The summed E-state index contributed by atoms with van der Waals surface area (Å²) in [6.07, 6.45) is -3.11. The summed E-state index contributed by atoms with van der Waals surface area (Å²) in [6.45, 7) is -0.0178. The van der Waals surface area contributed by atoms with Gasteiger partial charge in [-0.25, -0.2) is 9.59 Å². The van der Waals surface area contributed by atoms with Crippen molar-refractivity contribution in [1.29, 1.82) is 0 Å². The summed E-state index contributed by atoms with van der Waals surface area (Å²) < 4.78 is 47.7. The van der Waals surface area contributed by atoms with E-state index < -0.39 is 29.3 Å². The third-order valence-electron chi connectivity index (χ3n) is 3.07. The summed E-state index contributed by atoms with van der Waals surface area (Å²) in [5, 5.41) is 8.43. The predicted molar refractivity (Wildman–Crippen MR) is 66.8 cm³/mol. The summed E-state index contributed by atoms with van der Waals surface area (Å²) in [5.41, 5.74) is -1.66. The molecule has 1 aliphatic rings. The lowest BCUT2D eigenvalue weighted by Crippen LogP contribution is -2.50. The molecule has 0 aromatic heterocycles. The molecule has 2 rings (SSSR count). The molecule has 22 heavy (non-hydrogen) atoms. The van der Waals surface area contributed by atoms with Crippen molar-refractivity contribution < 1.29 is 37.3 Å². The molecule has 1 fully saturated rings. The Kier molecular flexibility index (Phi) is 4.23. The number of halogens is 3. The van der Waals surface area contributed by atoms with Crippen LogP contribution in [0.4, 0.5) is 13.2 Å². The van der Waals surface area contributed by atoms with Crippen molar-refractivity contribution in [3.05, 3.63) is 47.5 Å². The summed E-state index contributed by atoms with van der Waals surface area (Å²) in [5.74, 6) is -2.23. The average Bonchev–Trinajstić information content (AvgIpc) is 2.40. The van der Waals surface area contributed by atoms with E-state index in [1.54, 1.807) is 0 Å². The highest BCUT2D eigenvalue weighted by atomic mass is 19.4. The molecule has 0 amide bonds. The zero-order valence-electron chi connectivity index (χ0n) is 11.1. The van der Waals surface area contributed by atoms with Gasteiger partial charge in [0.1, 0.15) is 0 Å². The summed E-state index contributed by atoms with van der Waals surface area (Å²) >= 11 is 0. The largest absolute Gasteiger partial charge is 0.478 e. The van der Waals surface area contributed by atoms with Crippen LogP contribution in [-0.4, -0.2) is 30.3 Å². The Hall–Kier alpha value is -2.35. The van der Waals surface area contributed by atoms with Crippen LogP contribution < -0.4 is 0 Å². The van der Waals surface area contributed by atoms with Gasteiger partial charge in [0.2, 0.25) is 0 Å². The minimum absolute atomic E-state index is 0.00891. The van der Waals surface area contributed by atoms with E-state index in [0.29, 0.717) is 11.6 Å². The van der Waals surface area contributed by atoms with Crippen LogP contribution in [0.1, 0.15) is 11.1 Å². The lowest BCUT2D eigenvalue weighted by Gasteiger charge is -2.40. The maximum absolute atomic E-state index is 12.5.